The molecule has 2 aliphatic rings. The van der Waals surface area contributed by atoms with Crippen molar-refractivity contribution < 1.29 is 23.9 Å². The highest BCUT2D eigenvalue weighted by Crippen LogP contribution is 2.33. The molecule has 7 nitrogen and oxygen atoms in total. The van der Waals surface area contributed by atoms with Crippen molar-refractivity contribution in [3.63, 3.8) is 0 Å². The van der Waals surface area contributed by atoms with E-state index in [1.165, 1.54) is 6.92 Å². The molecule has 0 bridgehead atoms. The Morgan fingerprint density at radius 1 is 1.29 bits per heavy atom. The Balaban J connectivity index is 1.94. The highest BCUT2D eigenvalue weighted by Gasteiger charge is 2.35. The van der Waals surface area contributed by atoms with Crippen molar-refractivity contribution in [2.24, 2.45) is 5.41 Å². The molecule has 1 N–H and O–H groups in total. The van der Waals surface area contributed by atoms with Gasteiger partial charge in [0.2, 0.25) is 17.7 Å². The number of esters is 1. The van der Waals surface area contributed by atoms with Crippen LogP contribution in [0.5, 0.6) is 0 Å². The van der Waals surface area contributed by atoms with Crippen LogP contribution in [0.15, 0.2) is 12.2 Å². The van der Waals surface area contributed by atoms with E-state index in [9.17, 15) is 19.2 Å². The Labute approximate surface area is 141 Å². The van der Waals surface area contributed by atoms with E-state index in [4.69, 9.17) is 4.74 Å². The lowest BCUT2D eigenvalue weighted by molar-refractivity contribution is -0.144. The number of carbonyl (C=O) groups is 4. The van der Waals surface area contributed by atoms with Crippen LogP contribution in [0.4, 0.5) is 0 Å². The van der Waals surface area contributed by atoms with Crippen LogP contribution in [0.2, 0.25) is 0 Å². The standard InChI is InChI=1S/C17H24N2O5/c1-12(20)24-13-5-3-4-9-17(2,10-8-13)16(23)18-11-19-14(21)6-7-15(19)22/h3,5,13H,4,6-11H2,1-2H3,(H,18,23)/b5-3+/t13-,17+/m0/s1. The molecule has 0 aromatic carbocycles. The molecule has 1 fully saturated rings. The maximum atomic E-state index is 12.6. The van der Waals surface area contributed by atoms with Crippen molar-refractivity contribution in [1.29, 1.82) is 0 Å². The molecule has 24 heavy (non-hydrogen) atoms. The van der Waals surface area contributed by atoms with E-state index < -0.39 is 5.41 Å². The van der Waals surface area contributed by atoms with E-state index in [-0.39, 0.29) is 49.3 Å². The van der Waals surface area contributed by atoms with Crippen molar-refractivity contribution in [2.75, 3.05) is 6.67 Å². The second-order valence-electron chi connectivity index (χ2n) is 6.59. The number of hydrogen-bond acceptors (Lipinski definition) is 5. The SMILES string of the molecule is CC(=O)O[C@H]1/C=C/CC[C@@](C)(C(=O)NCN2C(=O)CCC2=O)CC1. The molecule has 0 aromatic heterocycles. The molecule has 0 saturated carbocycles. The van der Waals surface area contributed by atoms with Gasteiger partial charge in [-0.25, -0.2) is 0 Å². The van der Waals surface area contributed by atoms with Gasteiger partial charge in [-0.1, -0.05) is 13.0 Å². The van der Waals surface area contributed by atoms with Crippen molar-refractivity contribution in [3.8, 4) is 0 Å². The fourth-order valence-electron chi connectivity index (χ4n) is 3.03. The summed E-state index contributed by atoms with van der Waals surface area (Å²) in [6.45, 7) is 3.15. The van der Waals surface area contributed by atoms with Gasteiger partial charge in [-0.3, -0.25) is 24.1 Å². The normalized spacial score (nSPS) is 28.9. The molecule has 0 aromatic rings. The summed E-state index contributed by atoms with van der Waals surface area (Å²) in [4.78, 5) is 48.0. The zero-order valence-corrected chi connectivity index (χ0v) is 14.2. The molecule has 0 spiro atoms. The molecule has 132 valence electrons. The lowest BCUT2D eigenvalue weighted by atomic mass is 9.78. The Bertz CT molecular complexity index is 555. The average Bonchev–Trinajstić information content (AvgIpc) is 2.83. The van der Waals surface area contributed by atoms with Gasteiger partial charge in [0, 0.05) is 25.2 Å². The van der Waals surface area contributed by atoms with Crippen molar-refractivity contribution in [1.82, 2.24) is 10.2 Å². The molecule has 1 heterocycles. The van der Waals surface area contributed by atoms with Crippen molar-refractivity contribution >= 4 is 23.7 Å². The quantitative estimate of drug-likeness (QED) is 0.474. The first-order valence-corrected chi connectivity index (χ1v) is 8.27. The Morgan fingerprint density at radius 2 is 1.96 bits per heavy atom. The maximum Gasteiger partial charge on any atom is 0.303 e. The number of hydrogen-bond donors (Lipinski definition) is 1. The molecule has 1 saturated heterocycles. The van der Waals surface area contributed by atoms with E-state index in [1.807, 2.05) is 19.1 Å². The summed E-state index contributed by atoms with van der Waals surface area (Å²) in [7, 11) is 0. The van der Waals surface area contributed by atoms with Crippen molar-refractivity contribution in [2.45, 2.75) is 58.5 Å². The first-order chi connectivity index (χ1) is 11.3. The minimum atomic E-state index is -0.630. The lowest BCUT2D eigenvalue weighted by Crippen LogP contribution is -2.46. The number of amides is 3. The summed E-state index contributed by atoms with van der Waals surface area (Å²) < 4.78 is 5.21. The van der Waals surface area contributed by atoms with Gasteiger partial charge in [0.05, 0.1) is 0 Å². The Kier molecular flexibility index (Phi) is 5.75. The van der Waals surface area contributed by atoms with Gasteiger partial charge in [-0.15, -0.1) is 0 Å². The molecular formula is C17H24N2O5. The largest absolute Gasteiger partial charge is 0.458 e. The predicted molar refractivity (Wildman–Crippen MR) is 85.4 cm³/mol. The van der Waals surface area contributed by atoms with Gasteiger partial charge >= 0.3 is 5.97 Å². The van der Waals surface area contributed by atoms with Crippen LogP contribution in [0.1, 0.15) is 52.4 Å². The molecule has 0 unspecified atom stereocenters. The molecular weight excluding hydrogens is 312 g/mol. The first kappa shape index (κ1) is 18.2. The minimum Gasteiger partial charge on any atom is -0.458 e. The van der Waals surface area contributed by atoms with Gasteiger partial charge in [-0.05, 0) is 31.8 Å². The fraction of sp³-hybridized carbons (Fsp3) is 0.647. The smallest absolute Gasteiger partial charge is 0.303 e. The van der Waals surface area contributed by atoms with Gasteiger partial charge < -0.3 is 10.1 Å². The molecule has 1 aliphatic heterocycles. The maximum absolute atomic E-state index is 12.6. The van der Waals surface area contributed by atoms with E-state index >= 15 is 0 Å². The molecule has 2 atom stereocenters. The molecule has 3 amide bonds. The number of imide groups is 1. The molecule has 2 rings (SSSR count). The Morgan fingerprint density at radius 3 is 2.58 bits per heavy atom. The molecule has 1 aliphatic carbocycles. The van der Waals surface area contributed by atoms with Crippen LogP contribution in [0, 0.1) is 5.41 Å². The topological polar surface area (TPSA) is 92.8 Å². The highest BCUT2D eigenvalue weighted by molar-refractivity contribution is 6.02. The fourth-order valence-corrected chi connectivity index (χ4v) is 3.03. The van der Waals surface area contributed by atoms with Crippen LogP contribution in [-0.2, 0) is 23.9 Å². The van der Waals surface area contributed by atoms with Crippen molar-refractivity contribution in [3.05, 3.63) is 12.2 Å². The number of carbonyl (C=O) groups excluding carboxylic acids is 4. The van der Waals surface area contributed by atoms with Gasteiger partial charge in [0.25, 0.3) is 0 Å². The number of rotatable bonds is 4. The second-order valence-corrected chi connectivity index (χ2v) is 6.59. The average molecular weight is 336 g/mol. The molecule has 0 radical (unpaired) electrons. The summed E-state index contributed by atoms with van der Waals surface area (Å²) >= 11 is 0. The summed E-state index contributed by atoms with van der Waals surface area (Å²) in [6, 6.07) is 0. The predicted octanol–water partition coefficient (Wildman–Crippen LogP) is 1.28. The third-order valence-electron chi connectivity index (χ3n) is 4.61. The number of nitrogens with one attached hydrogen (secondary N) is 1. The van der Waals surface area contributed by atoms with Gasteiger partial charge in [0.1, 0.15) is 12.8 Å². The van der Waals surface area contributed by atoms with E-state index in [0.717, 1.165) is 4.90 Å². The number of likely N-dealkylation sites (tertiary alicyclic amines) is 1. The van der Waals surface area contributed by atoms with Crippen LogP contribution in [0.3, 0.4) is 0 Å². The Hall–Kier alpha value is -2.18. The van der Waals surface area contributed by atoms with Crippen LogP contribution < -0.4 is 5.32 Å². The zero-order valence-electron chi connectivity index (χ0n) is 14.2. The zero-order chi connectivity index (χ0) is 17.7. The third-order valence-corrected chi connectivity index (χ3v) is 4.61. The summed E-state index contributed by atoms with van der Waals surface area (Å²) in [5, 5.41) is 2.71. The van der Waals surface area contributed by atoms with Gasteiger partial charge in [0.15, 0.2) is 0 Å². The second kappa shape index (κ2) is 7.59. The lowest BCUT2D eigenvalue weighted by Gasteiger charge is -2.31. The van der Waals surface area contributed by atoms with E-state index in [0.29, 0.717) is 25.7 Å². The van der Waals surface area contributed by atoms with Gasteiger partial charge in [-0.2, -0.15) is 0 Å². The summed E-state index contributed by atoms with van der Waals surface area (Å²) in [5.74, 6) is -1.03. The van der Waals surface area contributed by atoms with Crippen LogP contribution >= 0.6 is 0 Å². The highest BCUT2D eigenvalue weighted by atomic mass is 16.5. The van der Waals surface area contributed by atoms with E-state index in [2.05, 4.69) is 5.32 Å². The number of ether oxygens (including phenoxy) is 1. The third kappa shape index (κ3) is 4.43. The number of nitrogens with zero attached hydrogens (tertiary/aromatic N) is 1. The monoisotopic (exact) mass is 336 g/mol. The number of allylic oxidation sites excluding steroid dienone is 1. The molecule has 7 heteroatoms. The minimum absolute atomic E-state index is 0.0741. The van der Waals surface area contributed by atoms with E-state index in [1.54, 1.807) is 0 Å². The summed E-state index contributed by atoms with van der Waals surface area (Å²) in [6.07, 6.45) is 6.35. The summed E-state index contributed by atoms with van der Waals surface area (Å²) in [5.41, 5.74) is -0.630. The van der Waals surface area contributed by atoms with Crippen LogP contribution in [0.25, 0.3) is 0 Å². The van der Waals surface area contributed by atoms with Crippen LogP contribution in [-0.4, -0.2) is 41.4 Å². The first-order valence-electron chi connectivity index (χ1n) is 8.27.